The van der Waals surface area contributed by atoms with Gasteiger partial charge >= 0.3 is 0 Å². The minimum absolute atomic E-state index is 0.186. The van der Waals surface area contributed by atoms with Crippen LogP contribution >= 0.6 is 0 Å². The number of benzene rings is 1. The molecule has 1 fully saturated rings. The molecule has 4 N–H and O–H groups in total. The number of nitrogens with one attached hydrogen (secondary N) is 2. The molecule has 0 saturated heterocycles. The Bertz CT molecular complexity index is 526. The highest BCUT2D eigenvalue weighted by Gasteiger charge is 2.27. The SMILES string of the molecule is COc1cccc(N)c1C(=O)NC(C)C(=O)NC1CC1. The van der Waals surface area contributed by atoms with Crippen LogP contribution in [0.1, 0.15) is 30.1 Å². The number of nitrogens with two attached hydrogens (primary N) is 1. The van der Waals surface area contributed by atoms with Gasteiger partial charge in [0.1, 0.15) is 17.4 Å². The van der Waals surface area contributed by atoms with E-state index in [-0.39, 0.29) is 17.5 Å². The average Bonchev–Trinajstić information content (AvgIpc) is 3.21. The van der Waals surface area contributed by atoms with Gasteiger partial charge in [0, 0.05) is 11.7 Å². The number of hydrogen-bond acceptors (Lipinski definition) is 4. The smallest absolute Gasteiger partial charge is 0.257 e. The summed E-state index contributed by atoms with van der Waals surface area (Å²) >= 11 is 0. The van der Waals surface area contributed by atoms with Gasteiger partial charge in [-0.25, -0.2) is 0 Å². The molecule has 0 radical (unpaired) electrons. The standard InChI is InChI=1S/C14H19N3O3/c1-8(13(18)17-9-6-7-9)16-14(19)12-10(15)4-3-5-11(12)20-2/h3-5,8-9H,6-7,15H2,1-2H3,(H,16,19)(H,17,18). The number of nitrogen functional groups attached to an aromatic ring is 1. The van der Waals surface area contributed by atoms with Crippen LogP contribution in [0.3, 0.4) is 0 Å². The summed E-state index contributed by atoms with van der Waals surface area (Å²) in [6, 6.07) is 4.62. The maximum Gasteiger partial charge on any atom is 0.257 e. The lowest BCUT2D eigenvalue weighted by atomic mass is 10.1. The van der Waals surface area contributed by atoms with E-state index < -0.39 is 11.9 Å². The molecule has 0 heterocycles. The van der Waals surface area contributed by atoms with Crippen LogP contribution in [-0.4, -0.2) is 31.0 Å². The monoisotopic (exact) mass is 277 g/mol. The summed E-state index contributed by atoms with van der Waals surface area (Å²) in [7, 11) is 1.47. The Hall–Kier alpha value is -2.24. The number of rotatable bonds is 5. The maximum atomic E-state index is 12.2. The predicted octanol–water partition coefficient (Wildman–Crippen LogP) is 0.674. The molecular weight excluding hydrogens is 258 g/mol. The van der Waals surface area contributed by atoms with E-state index in [1.165, 1.54) is 7.11 Å². The predicted molar refractivity (Wildman–Crippen MR) is 75.5 cm³/mol. The number of anilines is 1. The minimum Gasteiger partial charge on any atom is -0.496 e. The normalized spacial score (nSPS) is 15.3. The first-order valence-corrected chi connectivity index (χ1v) is 6.56. The van der Waals surface area contributed by atoms with Crippen molar-refractivity contribution in [2.75, 3.05) is 12.8 Å². The molecule has 6 nitrogen and oxygen atoms in total. The minimum atomic E-state index is -0.618. The Balaban J connectivity index is 2.05. The number of amides is 2. The van der Waals surface area contributed by atoms with Gasteiger partial charge in [-0.2, -0.15) is 0 Å². The highest BCUT2D eigenvalue weighted by atomic mass is 16.5. The first kappa shape index (κ1) is 14.2. The van der Waals surface area contributed by atoms with E-state index in [0.29, 0.717) is 11.4 Å². The van der Waals surface area contributed by atoms with Crippen molar-refractivity contribution >= 4 is 17.5 Å². The van der Waals surface area contributed by atoms with Crippen molar-refractivity contribution in [3.05, 3.63) is 23.8 Å². The fourth-order valence-corrected chi connectivity index (χ4v) is 1.85. The van der Waals surface area contributed by atoms with Crippen LogP contribution in [0.4, 0.5) is 5.69 Å². The summed E-state index contributed by atoms with van der Waals surface area (Å²) in [4.78, 5) is 24.0. The Morgan fingerprint density at radius 1 is 1.40 bits per heavy atom. The Morgan fingerprint density at radius 2 is 2.10 bits per heavy atom. The third-order valence-electron chi connectivity index (χ3n) is 3.17. The fourth-order valence-electron chi connectivity index (χ4n) is 1.85. The molecule has 0 bridgehead atoms. The van der Waals surface area contributed by atoms with Gasteiger partial charge < -0.3 is 21.1 Å². The van der Waals surface area contributed by atoms with E-state index in [1.54, 1.807) is 25.1 Å². The maximum absolute atomic E-state index is 12.2. The lowest BCUT2D eigenvalue weighted by Crippen LogP contribution is -2.45. The summed E-state index contributed by atoms with van der Waals surface area (Å²) in [6.07, 6.45) is 2.01. The van der Waals surface area contributed by atoms with Crippen LogP contribution in [0.15, 0.2) is 18.2 Å². The van der Waals surface area contributed by atoms with Crippen LogP contribution in [0.25, 0.3) is 0 Å². The molecule has 2 rings (SSSR count). The molecule has 1 saturated carbocycles. The second-order valence-electron chi connectivity index (χ2n) is 4.90. The number of carbonyl (C=O) groups is 2. The van der Waals surface area contributed by atoms with E-state index in [2.05, 4.69) is 10.6 Å². The molecular formula is C14H19N3O3. The summed E-state index contributed by atoms with van der Waals surface area (Å²) < 4.78 is 5.12. The summed E-state index contributed by atoms with van der Waals surface area (Å²) in [5.74, 6) is -0.218. The Morgan fingerprint density at radius 3 is 2.70 bits per heavy atom. The quantitative estimate of drug-likeness (QED) is 0.690. The summed E-state index contributed by atoms with van der Waals surface area (Å²) in [5, 5.41) is 5.47. The topological polar surface area (TPSA) is 93.4 Å². The number of carbonyl (C=O) groups excluding carboxylic acids is 2. The van der Waals surface area contributed by atoms with Crippen LogP contribution in [0, 0.1) is 0 Å². The van der Waals surface area contributed by atoms with Crippen molar-refractivity contribution in [1.82, 2.24) is 10.6 Å². The van der Waals surface area contributed by atoms with E-state index >= 15 is 0 Å². The molecule has 108 valence electrons. The van der Waals surface area contributed by atoms with Gasteiger partial charge in [-0.3, -0.25) is 9.59 Å². The number of methoxy groups -OCH3 is 1. The molecule has 0 spiro atoms. The number of ether oxygens (including phenoxy) is 1. The van der Waals surface area contributed by atoms with Crippen LogP contribution in [0.2, 0.25) is 0 Å². The van der Waals surface area contributed by atoms with Gasteiger partial charge in [0.05, 0.1) is 7.11 Å². The molecule has 0 aromatic heterocycles. The van der Waals surface area contributed by atoms with Gasteiger partial charge in [-0.1, -0.05) is 6.07 Å². The third-order valence-corrected chi connectivity index (χ3v) is 3.17. The summed E-state index contributed by atoms with van der Waals surface area (Å²) in [5.41, 5.74) is 6.37. The lowest BCUT2D eigenvalue weighted by molar-refractivity contribution is -0.122. The zero-order valence-corrected chi connectivity index (χ0v) is 11.6. The van der Waals surface area contributed by atoms with Crippen LogP contribution in [0.5, 0.6) is 5.75 Å². The first-order valence-electron chi connectivity index (χ1n) is 6.56. The van der Waals surface area contributed by atoms with Crippen molar-refractivity contribution < 1.29 is 14.3 Å². The molecule has 1 unspecified atom stereocenters. The highest BCUT2D eigenvalue weighted by molar-refractivity contribution is 6.03. The number of hydrogen-bond donors (Lipinski definition) is 3. The van der Waals surface area contributed by atoms with Gasteiger partial charge in [0.2, 0.25) is 5.91 Å². The van der Waals surface area contributed by atoms with E-state index in [4.69, 9.17) is 10.5 Å². The average molecular weight is 277 g/mol. The molecule has 6 heteroatoms. The molecule has 0 aliphatic heterocycles. The summed E-state index contributed by atoms with van der Waals surface area (Å²) in [6.45, 7) is 1.64. The first-order chi connectivity index (χ1) is 9.52. The third kappa shape index (κ3) is 3.20. The lowest BCUT2D eigenvalue weighted by Gasteiger charge is -2.16. The van der Waals surface area contributed by atoms with Crippen molar-refractivity contribution in [2.45, 2.75) is 31.8 Å². The van der Waals surface area contributed by atoms with Crippen molar-refractivity contribution in [3.8, 4) is 5.75 Å². The van der Waals surface area contributed by atoms with Crippen LogP contribution in [-0.2, 0) is 4.79 Å². The molecule has 20 heavy (non-hydrogen) atoms. The second-order valence-corrected chi connectivity index (χ2v) is 4.90. The van der Waals surface area contributed by atoms with Gasteiger partial charge in [0.25, 0.3) is 5.91 Å². The van der Waals surface area contributed by atoms with Crippen molar-refractivity contribution in [3.63, 3.8) is 0 Å². The highest BCUT2D eigenvalue weighted by Crippen LogP contribution is 2.24. The molecule has 1 aromatic rings. The molecule has 1 aliphatic rings. The van der Waals surface area contributed by atoms with Crippen LogP contribution < -0.4 is 21.1 Å². The van der Waals surface area contributed by atoms with E-state index in [1.807, 2.05) is 0 Å². The second kappa shape index (κ2) is 5.81. The Kier molecular flexibility index (Phi) is 4.12. The van der Waals surface area contributed by atoms with Crippen molar-refractivity contribution in [1.29, 1.82) is 0 Å². The van der Waals surface area contributed by atoms with E-state index in [0.717, 1.165) is 12.8 Å². The fraction of sp³-hybridized carbons (Fsp3) is 0.429. The van der Waals surface area contributed by atoms with Gasteiger partial charge in [-0.05, 0) is 31.9 Å². The molecule has 2 amide bonds. The molecule has 1 atom stereocenters. The largest absolute Gasteiger partial charge is 0.496 e. The molecule has 1 aliphatic carbocycles. The zero-order chi connectivity index (χ0) is 14.7. The molecule has 1 aromatic carbocycles. The Labute approximate surface area is 117 Å². The zero-order valence-electron chi connectivity index (χ0n) is 11.6. The van der Waals surface area contributed by atoms with E-state index in [9.17, 15) is 9.59 Å². The van der Waals surface area contributed by atoms with Gasteiger partial charge in [-0.15, -0.1) is 0 Å². The van der Waals surface area contributed by atoms with Gasteiger partial charge in [0.15, 0.2) is 0 Å². The van der Waals surface area contributed by atoms with Crippen molar-refractivity contribution in [2.24, 2.45) is 0 Å².